The summed E-state index contributed by atoms with van der Waals surface area (Å²) in [6.07, 6.45) is 3.79. The molecular formula is C7H15O5PS. The lowest BCUT2D eigenvalue weighted by Gasteiger charge is -2.13. The largest absolute Gasteiger partial charge is 0.469 e. The summed E-state index contributed by atoms with van der Waals surface area (Å²) in [6.45, 7) is -0.0187. The van der Waals surface area contributed by atoms with Crippen LogP contribution in [-0.4, -0.2) is 40.6 Å². The number of rotatable bonds is 5. The van der Waals surface area contributed by atoms with Crippen molar-refractivity contribution in [3.05, 3.63) is 0 Å². The first-order valence-electron chi connectivity index (χ1n) is 4.36. The van der Waals surface area contributed by atoms with Gasteiger partial charge < -0.3 is 14.5 Å². The Bertz CT molecular complexity index is 218. The Morgan fingerprint density at radius 2 is 2.14 bits per heavy atom. The molecule has 1 rings (SSSR count). The van der Waals surface area contributed by atoms with E-state index >= 15 is 0 Å². The van der Waals surface area contributed by atoms with Crippen LogP contribution in [0.1, 0.15) is 12.8 Å². The molecule has 1 aliphatic rings. The van der Waals surface area contributed by atoms with Gasteiger partial charge in [-0.3, -0.25) is 4.52 Å². The van der Waals surface area contributed by atoms with Crippen LogP contribution in [0, 0.1) is 0 Å². The van der Waals surface area contributed by atoms with Crippen molar-refractivity contribution < 1.29 is 23.6 Å². The van der Waals surface area contributed by atoms with Gasteiger partial charge in [0, 0.05) is 5.75 Å². The van der Waals surface area contributed by atoms with E-state index in [1.54, 1.807) is 11.8 Å². The van der Waals surface area contributed by atoms with E-state index in [-0.39, 0.29) is 18.8 Å². The van der Waals surface area contributed by atoms with Crippen molar-refractivity contribution in [3.63, 3.8) is 0 Å². The second-order valence-corrected chi connectivity index (χ2v) is 5.35. The summed E-state index contributed by atoms with van der Waals surface area (Å²) in [7, 11) is -4.34. The second-order valence-electron chi connectivity index (χ2n) is 3.20. The van der Waals surface area contributed by atoms with Crippen molar-refractivity contribution in [2.75, 3.05) is 18.6 Å². The highest BCUT2D eigenvalue weighted by Gasteiger charge is 2.27. The first kappa shape index (κ1) is 12.5. The van der Waals surface area contributed by atoms with Crippen LogP contribution in [0.3, 0.4) is 0 Å². The third-order valence-electron chi connectivity index (χ3n) is 1.98. The summed E-state index contributed by atoms with van der Waals surface area (Å²) in [5.41, 5.74) is 0. The molecular weight excluding hydrogens is 227 g/mol. The van der Waals surface area contributed by atoms with Gasteiger partial charge in [0.25, 0.3) is 0 Å². The van der Waals surface area contributed by atoms with Crippen molar-refractivity contribution in [1.29, 1.82) is 0 Å². The monoisotopic (exact) mass is 242 g/mol. The lowest BCUT2D eigenvalue weighted by atomic mass is 10.2. The van der Waals surface area contributed by atoms with Gasteiger partial charge in [-0.25, -0.2) is 4.57 Å². The molecule has 1 aliphatic heterocycles. The van der Waals surface area contributed by atoms with Gasteiger partial charge >= 0.3 is 7.82 Å². The molecule has 5 nitrogen and oxygen atoms in total. The Balaban J connectivity index is 2.19. The maximum atomic E-state index is 10.4. The number of hydrogen-bond acceptors (Lipinski definition) is 4. The molecule has 0 saturated carbocycles. The van der Waals surface area contributed by atoms with Crippen LogP contribution in [0.4, 0.5) is 0 Å². The molecule has 7 heteroatoms. The Morgan fingerprint density at radius 1 is 1.50 bits per heavy atom. The summed E-state index contributed by atoms with van der Waals surface area (Å²) in [6, 6.07) is 0. The molecule has 0 spiro atoms. The van der Waals surface area contributed by atoms with Gasteiger partial charge in [-0.15, -0.1) is 0 Å². The molecule has 84 valence electrons. The predicted octanol–water partition coefficient (Wildman–Crippen LogP) is 1.01. The zero-order chi connectivity index (χ0) is 10.6. The van der Waals surface area contributed by atoms with Crippen LogP contribution < -0.4 is 0 Å². The maximum absolute atomic E-state index is 10.4. The average Bonchev–Trinajstić information content (AvgIpc) is 2.49. The summed E-state index contributed by atoms with van der Waals surface area (Å²) in [5.74, 6) is 0.923. The zero-order valence-corrected chi connectivity index (χ0v) is 9.67. The highest BCUT2D eigenvalue weighted by Crippen LogP contribution is 2.37. The predicted molar refractivity (Wildman–Crippen MR) is 54.3 cm³/mol. The van der Waals surface area contributed by atoms with Crippen molar-refractivity contribution in [2.45, 2.75) is 25.0 Å². The van der Waals surface area contributed by atoms with Crippen LogP contribution in [0.15, 0.2) is 0 Å². The molecule has 14 heavy (non-hydrogen) atoms. The molecule has 0 unspecified atom stereocenters. The molecule has 2 N–H and O–H groups in total. The molecule has 1 fully saturated rings. The molecule has 1 heterocycles. The van der Waals surface area contributed by atoms with Crippen molar-refractivity contribution in [2.24, 2.45) is 0 Å². The molecule has 2 atom stereocenters. The Kier molecular flexibility index (Phi) is 4.90. The van der Waals surface area contributed by atoms with Gasteiger partial charge in [-0.1, -0.05) is 0 Å². The van der Waals surface area contributed by atoms with Crippen LogP contribution >= 0.6 is 19.6 Å². The van der Waals surface area contributed by atoms with E-state index in [9.17, 15) is 4.57 Å². The Labute approximate surface area is 87.4 Å². The van der Waals surface area contributed by atoms with Crippen molar-refractivity contribution >= 4 is 19.6 Å². The topological polar surface area (TPSA) is 76.0 Å². The van der Waals surface area contributed by atoms with Gasteiger partial charge in [-0.05, 0) is 19.1 Å². The third-order valence-corrected chi connectivity index (χ3v) is 3.17. The molecule has 1 saturated heterocycles. The molecule has 0 radical (unpaired) electrons. The van der Waals surface area contributed by atoms with Crippen molar-refractivity contribution in [3.8, 4) is 0 Å². The first-order chi connectivity index (χ1) is 6.51. The summed E-state index contributed by atoms with van der Waals surface area (Å²) in [4.78, 5) is 17.0. The van der Waals surface area contributed by atoms with Gasteiger partial charge in [0.05, 0.1) is 18.8 Å². The minimum atomic E-state index is -4.34. The number of phosphoric ester groups is 1. The van der Waals surface area contributed by atoms with E-state index in [1.807, 2.05) is 6.26 Å². The van der Waals surface area contributed by atoms with Crippen molar-refractivity contribution in [1.82, 2.24) is 0 Å². The van der Waals surface area contributed by atoms with Crippen LogP contribution in [-0.2, 0) is 13.8 Å². The van der Waals surface area contributed by atoms with Gasteiger partial charge in [-0.2, -0.15) is 11.8 Å². The summed E-state index contributed by atoms with van der Waals surface area (Å²) < 4.78 is 20.3. The molecule has 0 bridgehead atoms. The van der Waals surface area contributed by atoms with E-state index in [1.165, 1.54) is 0 Å². The third kappa shape index (κ3) is 4.77. The van der Waals surface area contributed by atoms with E-state index in [0.29, 0.717) is 0 Å². The van der Waals surface area contributed by atoms with Gasteiger partial charge in [0.2, 0.25) is 0 Å². The van der Waals surface area contributed by atoms with E-state index in [0.717, 1.165) is 18.6 Å². The smallest absolute Gasteiger partial charge is 0.372 e. The number of hydrogen-bond donors (Lipinski definition) is 2. The van der Waals surface area contributed by atoms with Crippen LogP contribution in [0.25, 0.3) is 0 Å². The fourth-order valence-electron chi connectivity index (χ4n) is 1.39. The fourth-order valence-corrected chi connectivity index (χ4v) is 2.37. The normalized spacial score (nSPS) is 28.2. The fraction of sp³-hybridized carbons (Fsp3) is 1.00. The SMILES string of the molecule is CSC[C@H]1CC[C@@H](COP(=O)(O)O)O1. The maximum Gasteiger partial charge on any atom is 0.469 e. The zero-order valence-electron chi connectivity index (χ0n) is 7.96. The molecule has 0 amide bonds. The first-order valence-corrected chi connectivity index (χ1v) is 7.28. The van der Waals surface area contributed by atoms with Crippen LogP contribution in [0.5, 0.6) is 0 Å². The number of phosphoric acid groups is 1. The standard InChI is InChI=1S/C7H15O5PS/c1-14-5-7-3-2-6(12-7)4-11-13(8,9)10/h6-7H,2-5H2,1H3,(H2,8,9,10)/t6-,7+/m0/s1. The summed E-state index contributed by atoms with van der Waals surface area (Å²) >= 11 is 1.71. The minimum Gasteiger partial charge on any atom is -0.372 e. The van der Waals surface area contributed by atoms with Crippen LogP contribution in [0.2, 0.25) is 0 Å². The highest BCUT2D eigenvalue weighted by molar-refractivity contribution is 7.98. The van der Waals surface area contributed by atoms with E-state index < -0.39 is 7.82 Å². The average molecular weight is 242 g/mol. The summed E-state index contributed by atoms with van der Waals surface area (Å²) in [5, 5.41) is 0. The van der Waals surface area contributed by atoms with E-state index in [2.05, 4.69) is 4.52 Å². The van der Waals surface area contributed by atoms with Gasteiger partial charge in [0.15, 0.2) is 0 Å². The minimum absolute atomic E-state index is 0.0187. The Morgan fingerprint density at radius 3 is 2.71 bits per heavy atom. The molecule has 0 aliphatic carbocycles. The number of thioether (sulfide) groups is 1. The highest BCUT2D eigenvalue weighted by atomic mass is 32.2. The van der Waals surface area contributed by atoms with Gasteiger partial charge in [0.1, 0.15) is 0 Å². The molecule has 0 aromatic heterocycles. The Hall–Kier alpha value is 0.420. The number of ether oxygens (including phenoxy) is 1. The second kappa shape index (κ2) is 5.49. The molecule has 0 aromatic rings. The molecule has 0 aromatic carbocycles. The van der Waals surface area contributed by atoms with E-state index in [4.69, 9.17) is 14.5 Å². The lowest BCUT2D eigenvalue weighted by Crippen LogP contribution is -2.17. The quantitative estimate of drug-likeness (QED) is 0.701. The lowest BCUT2D eigenvalue weighted by molar-refractivity contribution is 0.0204.